The van der Waals surface area contributed by atoms with E-state index in [1.54, 1.807) is 0 Å². The molecule has 9 aromatic carbocycles. The van der Waals surface area contributed by atoms with Crippen LogP contribution in [0.4, 0.5) is 28.4 Å². The van der Waals surface area contributed by atoms with Crippen molar-refractivity contribution in [3.63, 3.8) is 0 Å². The second kappa shape index (κ2) is 14.4. The molecule has 0 atom stereocenters. The topological polar surface area (TPSA) is 19.6 Å². The number of hydrogen-bond acceptors (Lipinski definition) is 4. The smallest absolute Gasteiger partial charge is 0.343 e. The molecule has 0 fully saturated rings. The minimum atomic E-state index is -0.544. The molecule has 5 heterocycles. The maximum Gasteiger partial charge on any atom is 0.343 e. The number of benzene rings is 9. The van der Waals surface area contributed by atoms with Crippen molar-refractivity contribution >= 4 is 88.9 Å². The van der Waals surface area contributed by atoms with Crippen molar-refractivity contribution in [3.05, 3.63) is 221 Å². The highest BCUT2D eigenvalue weighted by Crippen LogP contribution is 2.66. The van der Waals surface area contributed by atoms with Gasteiger partial charge in [0.2, 0.25) is 0 Å². The normalized spacial score (nSPS) is 16.7. The number of hydrogen-bond donors (Lipinski definition) is 0. The Hall–Kier alpha value is -7.60. The molecule has 5 aliphatic rings. The molecule has 0 unspecified atom stereocenters. The summed E-state index contributed by atoms with van der Waals surface area (Å²) in [6.45, 7) is 16.7. The molecule has 3 aliphatic heterocycles. The Morgan fingerprint density at radius 2 is 1.14 bits per heavy atom. The molecule has 16 rings (SSSR count). The molecule has 0 bridgehead atoms. The third kappa shape index (κ3) is 5.33. The van der Waals surface area contributed by atoms with Crippen LogP contribution in [0.2, 0.25) is 0 Å². The zero-order valence-electron chi connectivity index (χ0n) is 43.0. The van der Waals surface area contributed by atoms with Crippen LogP contribution in [0.3, 0.4) is 0 Å². The van der Waals surface area contributed by atoms with Gasteiger partial charge in [-0.15, -0.1) is 11.3 Å². The molecular formula is C69H55BN2OS. The fraction of sp³-hybridized carbons (Fsp3) is 0.188. The third-order valence-electron chi connectivity index (χ3n) is 18.3. The fourth-order valence-corrected chi connectivity index (χ4v) is 16.0. The molecule has 1 spiro atoms. The average molecular weight is 971 g/mol. The largest absolute Gasteiger partial charge is 0.456 e. The van der Waals surface area contributed by atoms with Crippen molar-refractivity contribution in [1.29, 1.82) is 0 Å². The Morgan fingerprint density at radius 1 is 0.500 bits per heavy atom. The highest BCUT2D eigenvalue weighted by atomic mass is 32.1. The zero-order chi connectivity index (χ0) is 49.8. The van der Waals surface area contributed by atoms with Crippen LogP contribution in [0.25, 0.3) is 65.4 Å². The van der Waals surface area contributed by atoms with Gasteiger partial charge in [-0.2, -0.15) is 0 Å². The molecule has 0 radical (unpaired) electrons. The van der Waals surface area contributed by atoms with Gasteiger partial charge in [0.05, 0.1) is 16.8 Å². The van der Waals surface area contributed by atoms with E-state index >= 15 is 0 Å². The monoisotopic (exact) mass is 970 g/mol. The fourth-order valence-electron chi connectivity index (χ4n) is 14.7. The lowest BCUT2D eigenvalue weighted by molar-refractivity contribution is 0.332. The van der Waals surface area contributed by atoms with Gasteiger partial charge in [0.25, 0.3) is 0 Å². The summed E-state index contributed by atoms with van der Waals surface area (Å²) in [6.07, 6.45) is 2.32. The van der Waals surface area contributed by atoms with Crippen molar-refractivity contribution in [2.24, 2.45) is 0 Å². The average Bonchev–Trinajstić information content (AvgIpc) is 4.20. The van der Waals surface area contributed by atoms with Crippen molar-refractivity contribution in [1.82, 2.24) is 0 Å². The number of furan rings is 1. The van der Waals surface area contributed by atoms with E-state index in [1.807, 2.05) is 11.3 Å². The predicted molar refractivity (Wildman–Crippen MR) is 313 cm³/mol. The van der Waals surface area contributed by atoms with Crippen molar-refractivity contribution < 1.29 is 4.42 Å². The van der Waals surface area contributed by atoms with Crippen molar-refractivity contribution in [2.75, 3.05) is 9.71 Å². The zero-order valence-corrected chi connectivity index (χ0v) is 43.8. The lowest BCUT2D eigenvalue weighted by Gasteiger charge is -2.52. The molecule has 5 heteroatoms. The van der Waals surface area contributed by atoms with Gasteiger partial charge in [-0.05, 0) is 132 Å². The first-order valence-electron chi connectivity index (χ1n) is 26.7. The van der Waals surface area contributed by atoms with E-state index in [4.69, 9.17) is 4.42 Å². The summed E-state index contributed by atoms with van der Waals surface area (Å²) in [5.41, 5.74) is 26.0. The summed E-state index contributed by atoms with van der Waals surface area (Å²) >= 11 is 2.02. The predicted octanol–water partition coefficient (Wildman–Crippen LogP) is 17.5. The van der Waals surface area contributed by atoms with Crippen molar-refractivity contribution in [2.45, 2.75) is 83.0 Å². The Kier molecular flexibility index (Phi) is 8.32. The second-order valence-corrected chi connectivity index (χ2v) is 25.2. The van der Waals surface area contributed by atoms with E-state index in [-0.39, 0.29) is 23.1 Å². The van der Waals surface area contributed by atoms with E-state index in [9.17, 15) is 0 Å². The van der Waals surface area contributed by atoms with E-state index in [0.29, 0.717) is 0 Å². The summed E-state index contributed by atoms with van der Waals surface area (Å²) in [5, 5.41) is 3.66. The Bertz CT molecular complexity index is 4230. The van der Waals surface area contributed by atoms with Crippen LogP contribution >= 0.6 is 11.3 Å². The van der Waals surface area contributed by atoms with E-state index in [0.717, 1.165) is 23.0 Å². The number of rotatable bonds is 2. The van der Waals surface area contributed by atoms with Gasteiger partial charge >= 0.3 is 6.85 Å². The van der Waals surface area contributed by atoms with E-state index < -0.39 is 5.41 Å². The van der Waals surface area contributed by atoms with Crippen LogP contribution in [-0.4, -0.2) is 6.85 Å². The first-order valence-corrected chi connectivity index (χ1v) is 27.5. The molecule has 11 aromatic rings. The SMILES string of the molecule is CC(C)(C)c1ccc(N2c3cc4oc5ccccc5c4c4c3B(c3sc5cc6c(cc5c32)C(C)(C)CCC6(C)C)N2c3ccccc3C3(c5ccccc5-c5ccccc53)c3cccc-4c32)c(-c2ccccc2)c1. The lowest BCUT2D eigenvalue weighted by atomic mass is 9.44. The standard InChI is InChI=1S/C69H55BN2OS/c1-66(2,3)41-32-33-54(46(36-41)40-20-9-8-10-21-40)71-56-39-58-60(44-24-13-18-31-57(44)73-58)61-45-25-19-29-51-63(45)72(55-30-17-16-28-50(55)69(51)48-26-14-11-22-42(48)43-23-12-15-27-49(43)69)70(62(56)61)65-64(71)47-37-52-53(38-59(47)74-65)68(6,7)35-34-67(52,4)5/h8-33,36-39H,34-35H2,1-7H3. The number of thiophene rings is 1. The Labute approximate surface area is 437 Å². The van der Waals surface area contributed by atoms with E-state index in [2.05, 4.69) is 240 Å². The maximum atomic E-state index is 7.18. The van der Waals surface area contributed by atoms with Crippen LogP contribution in [0.15, 0.2) is 186 Å². The minimum absolute atomic E-state index is 0.0229. The van der Waals surface area contributed by atoms with Crippen LogP contribution in [0.1, 0.15) is 100 Å². The molecule has 0 N–H and O–H groups in total. The summed E-state index contributed by atoms with van der Waals surface area (Å²) in [5.74, 6) is 0. The van der Waals surface area contributed by atoms with Crippen LogP contribution in [0.5, 0.6) is 0 Å². The summed E-state index contributed by atoms with van der Waals surface area (Å²) in [4.78, 5) is 5.49. The van der Waals surface area contributed by atoms with Gasteiger partial charge in [-0.1, -0.05) is 188 Å². The Morgan fingerprint density at radius 3 is 1.88 bits per heavy atom. The molecule has 74 heavy (non-hydrogen) atoms. The minimum Gasteiger partial charge on any atom is -0.456 e. The van der Waals surface area contributed by atoms with Gasteiger partial charge in [0.15, 0.2) is 0 Å². The first-order chi connectivity index (χ1) is 35.8. The quantitative estimate of drug-likeness (QED) is 0.161. The second-order valence-electron chi connectivity index (χ2n) is 24.1. The van der Waals surface area contributed by atoms with Gasteiger partial charge < -0.3 is 14.1 Å². The van der Waals surface area contributed by atoms with Gasteiger partial charge in [-0.25, -0.2) is 0 Å². The molecule has 2 aromatic heterocycles. The Balaban J connectivity index is 1.11. The lowest BCUT2D eigenvalue weighted by Crippen LogP contribution is -2.62. The molecule has 0 saturated heterocycles. The highest BCUT2D eigenvalue weighted by molar-refractivity contribution is 7.32. The molecule has 0 amide bonds. The van der Waals surface area contributed by atoms with Crippen molar-refractivity contribution in [3.8, 4) is 33.4 Å². The summed E-state index contributed by atoms with van der Waals surface area (Å²) in [7, 11) is 0. The molecular weight excluding hydrogens is 916 g/mol. The number of anilines is 5. The highest BCUT2D eigenvalue weighted by Gasteiger charge is 2.57. The van der Waals surface area contributed by atoms with Gasteiger partial charge in [0, 0.05) is 59.9 Å². The molecule has 356 valence electrons. The van der Waals surface area contributed by atoms with Gasteiger partial charge in [0.1, 0.15) is 11.2 Å². The number of para-hydroxylation sites is 3. The number of nitrogens with zero attached hydrogens (tertiary/aromatic N) is 2. The molecule has 0 saturated carbocycles. The van der Waals surface area contributed by atoms with Crippen LogP contribution < -0.4 is 20.0 Å². The molecule has 3 nitrogen and oxygen atoms in total. The summed E-state index contributed by atoms with van der Waals surface area (Å²) < 4.78 is 9.90. The van der Waals surface area contributed by atoms with Crippen LogP contribution in [0, 0.1) is 0 Å². The van der Waals surface area contributed by atoms with E-state index in [1.165, 1.54) is 133 Å². The van der Waals surface area contributed by atoms with Gasteiger partial charge in [-0.3, -0.25) is 0 Å². The number of fused-ring (bicyclic) bond motifs is 20. The maximum absolute atomic E-state index is 7.18. The molecule has 2 aliphatic carbocycles. The third-order valence-corrected chi connectivity index (χ3v) is 19.4. The summed E-state index contributed by atoms with van der Waals surface area (Å²) in [6, 6.07) is 69.9. The first kappa shape index (κ1) is 42.9. The van der Waals surface area contributed by atoms with Crippen LogP contribution in [-0.2, 0) is 21.7 Å².